The molecule has 0 radical (unpaired) electrons. The molecule has 6 heteroatoms. The molecule has 0 saturated heterocycles. The molecule has 0 aliphatic carbocycles. The van der Waals surface area contributed by atoms with Gasteiger partial charge in [0.15, 0.2) is 0 Å². The molecule has 0 aliphatic rings. The van der Waals surface area contributed by atoms with Crippen molar-refractivity contribution in [1.82, 2.24) is 4.98 Å². The zero-order chi connectivity index (χ0) is 10.7. The lowest BCUT2D eigenvalue weighted by molar-refractivity contribution is 0.144. The Balaban J connectivity index is 3.32. The van der Waals surface area contributed by atoms with E-state index in [1.807, 2.05) is 0 Å². The summed E-state index contributed by atoms with van der Waals surface area (Å²) in [5.41, 5.74) is -1.12. The van der Waals surface area contributed by atoms with Crippen LogP contribution in [-0.4, -0.2) is 12.1 Å². The molecular formula is C8H5F3N2O. The highest BCUT2D eigenvalue weighted by atomic mass is 19.3. The van der Waals surface area contributed by atoms with Crippen LogP contribution < -0.4 is 4.74 Å². The Hall–Kier alpha value is -1.77. The van der Waals surface area contributed by atoms with Crippen molar-refractivity contribution in [3.8, 4) is 11.9 Å². The summed E-state index contributed by atoms with van der Waals surface area (Å²) in [5, 5.41) is 8.51. The van der Waals surface area contributed by atoms with E-state index in [4.69, 9.17) is 5.26 Å². The van der Waals surface area contributed by atoms with Crippen LogP contribution in [0.5, 0.6) is 5.88 Å². The van der Waals surface area contributed by atoms with Gasteiger partial charge in [-0.15, -0.1) is 0 Å². The number of methoxy groups -OCH3 is 1. The molecule has 1 aromatic heterocycles. The highest BCUT2D eigenvalue weighted by Crippen LogP contribution is 2.25. The molecule has 3 nitrogen and oxygen atoms in total. The fourth-order valence-corrected chi connectivity index (χ4v) is 0.879. The standard InChI is InChI=1S/C8H5F3N2O/c1-14-8-4(3-12)2-5(6(9)10)7(11)13-8/h2,6H,1H3. The molecule has 14 heavy (non-hydrogen) atoms. The first-order valence-electron chi connectivity index (χ1n) is 3.52. The van der Waals surface area contributed by atoms with Crippen molar-refractivity contribution >= 4 is 0 Å². The third-order valence-electron chi connectivity index (χ3n) is 1.52. The van der Waals surface area contributed by atoms with Crippen LogP contribution in [0.1, 0.15) is 17.6 Å². The first-order chi connectivity index (χ1) is 6.60. The predicted octanol–water partition coefficient (Wildman–Crippen LogP) is 2.04. The number of alkyl halides is 2. The molecule has 1 rings (SSSR count). The second-order valence-electron chi connectivity index (χ2n) is 2.34. The number of nitrogens with zero attached hydrogens (tertiary/aromatic N) is 2. The summed E-state index contributed by atoms with van der Waals surface area (Å²) in [6, 6.07) is 2.31. The number of aromatic nitrogens is 1. The molecule has 1 heterocycles. The molecule has 0 atom stereocenters. The predicted molar refractivity (Wildman–Crippen MR) is 40.4 cm³/mol. The third-order valence-corrected chi connectivity index (χ3v) is 1.52. The van der Waals surface area contributed by atoms with Crippen LogP contribution in [0.3, 0.4) is 0 Å². The van der Waals surface area contributed by atoms with E-state index in [2.05, 4.69) is 9.72 Å². The smallest absolute Gasteiger partial charge is 0.268 e. The van der Waals surface area contributed by atoms with Crippen LogP contribution in [0.4, 0.5) is 13.2 Å². The molecule has 0 aliphatic heterocycles. The highest BCUT2D eigenvalue weighted by Gasteiger charge is 2.18. The zero-order valence-electron chi connectivity index (χ0n) is 7.09. The molecule has 0 saturated carbocycles. The van der Waals surface area contributed by atoms with Gasteiger partial charge in [0.05, 0.1) is 12.7 Å². The van der Waals surface area contributed by atoms with E-state index < -0.39 is 17.9 Å². The van der Waals surface area contributed by atoms with Gasteiger partial charge in [0.1, 0.15) is 11.6 Å². The van der Waals surface area contributed by atoms with Crippen molar-refractivity contribution in [2.75, 3.05) is 7.11 Å². The number of ether oxygens (including phenoxy) is 1. The van der Waals surface area contributed by atoms with Gasteiger partial charge in [0.2, 0.25) is 11.8 Å². The topological polar surface area (TPSA) is 45.9 Å². The Bertz CT molecular complexity index is 387. The molecule has 0 spiro atoms. The van der Waals surface area contributed by atoms with Crippen molar-refractivity contribution in [3.05, 3.63) is 23.1 Å². The minimum absolute atomic E-state index is 0.218. The first-order valence-corrected chi connectivity index (χ1v) is 3.52. The van der Waals surface area contributed by atoms with Gasteiger partial charge in [-0.2, -0.15) is 14.6 Å². The number of pyridine rings is 1. The lowest BCUT2D eigenvalue weighted by atomic mass is 10.2. The number of rotatable bonds is 2. The fraction of sp³-hybridized carbons (Fsp3) is 0.250. The second kappa shape index (κ2) is 3.96. The van der Waals surface area contributed by atoms with Gasteiger partial charge < -0.3 is 4.74 Å². The van der Waals surface area contributed by atoms with Crippen LogP contribution in [0.25, 0.3) is 0 Å². The van der Waals surface area contributed by atoms with Crippen molar-refractivity contribution in [2.24, 2.45) is 0 Å². The summed E-state index contributed by atoms with van der Waals surface area (Å²) in [7, 11) is 1.17. The first kappa shape index (κ1) is 10.3. The summed E-state index contributed by atoms with van der Waals surface area (Å²) in [4.78, 5) is 3.09. The Kier molecular flexibility index (Phi) is 2.92. The van der Waals surface area contributed by atoms with Gasteiger partial charge in [-0.1, -0.05) is 0 Å². The Morgan fingerprint density at radius 3 is 2.64 bits per heavy atom. The van der Waals surface area contributed by atoms with Crippen LogP contribution in [0, 0.1) is 17.3 Å². The van der Waals surface area contributed by atoms with E-state index in [0.717, 1.165) is 6.07 Å². The number of hydrogen-bond acceptors (Lipinski definition) is 3. The molecule has 0 amide bonds. The SMILES string of the molecule is COc1nc(F)c(C(F)F)cc1C#N. The maximum Gasteiger partial charge on any atom is 0.268 e. The minimum Gasteiger partial charge on any atom is -0.480 e. The molecule has 0 fully saturated rings. The summed E-state index contributed by atoms with van der Waals surface area (Å²) in [6.45, 7) is 0. The van der Waals surface area contributed by atoms with Gasteiger partial charge in [-0.05, 0) is 6.07 Å². The Morgan fingerprint density at radius 1 is 1.57 bits per heavy atom. The summed E-state index contributed by atoms with van der Waals surface area (Å²) >= 11 is 0. The fourth-order valence-electron chi connectivity index (χ4n) is 0.879. The lowest BCUT2D eigenvalue weighted by Crippen LogP contribution is -2.00. The third kappa shape index (κ3) is 1.76. The highest BCUT2D eigenvalue weighted by molar-refractivity contribution is 5.40. The second-order valence-corrected chi connectivity index (χ2v) is 2.34. The van der Waals surface area contributed by atoms with E-state index in [1.165, 1.54) is 7.11 Å². The molecule has 0 N–H and O–H groups in total. The zero-order valence-corrected chi connectivity index (χ0v) is 7.09. The summed E-state index contributed by atoms with van der Waals surface area (Å²) in [5.74, 6) is -1.62. The van der Waals surface area contributed by atoms with Crippen molar-refractivity contribution in [2.45, 2.75) is 6.43 Å². The number of hydrogen-bond donors (Lipinski definition) is 0. The van der Waals surface area contributed by atoms with Crippen LogP contribution in [0.2, 0.25) is 0 Å². The Morgan fingerprint density at radius 2 is 2.21 bits per heavy atom. The quantitative estimate of drug-likeness (QED) is 0.689. The Labute approximate surface area is 77.7 Å². The number of halogens is 3. The summed E-state index contributed by atoms with van der Waals surface area (Å²) < 4.78 is 41.7. The van der Waals surface area contributed by atoms with Gasteiger partial charge in [-0.3, -0.25) is 0 Å². The minimum atomic E-state index is -3.00. The van der Waals surface area contributed by atoms with E-state index >= 15 is 0 Å². The molecule has 1 aromatic rings. The van der Waals surface area contributed by atoms with Crippen LogP contribution in [0.15, 0.2) is 6.07 Å². The van der Waals surface area contributed by atoms with Gasteiger partial charge in [0, 0.05) is 0 Å². The van der Waals surface area contributed by atoms with Crippen molar-refractivity contribution < 1.29 is 17.9 Å². The van der Waals surface area contributed by atoms with Crippen molar-refractivity contribution in [3.63, 3.8) is 0 Å². The molecule has 0 unspecified atom stereocenters. The maximum atomic E-state index is 12.8. The largest absolute Gasteiger partial charge is 0.480 e. The molecular weight excluding hydrogens is 197 g/mol. The average molecular weight is 202 g/mol. The average Bonchev–Trinajstić information content (AvgIpc) is 2.16. The number of nitriles is 1. The van der Waals surface area contributed by atoms with E-state index in [9.17, 15) is 13.2 Å². The van der Waals surface area contributed by atoms with E-state index in [1.54, 1.807) is 6.07 Å². The van der Waals surface area contributed by atoms with Gasteiger partial charge >= 0.3 is 0 Å². The molecule has 74 valence electrons. The molecule has 0 aromatic carbocycles. The van der Waals surface area contributed by atoms with E-state index in [-0.39, 0.29) is 11.4 Å². The van der Waals surface area contributed by atoms with Crippen molar-refractivity contribution in [1.29, 1.82) is 5.26 Å². The normalized spacial score (nSPS) is 10.0. The van der Waals surface area contributed by atoms with Gasteiger partial charge in [0.25, 0.3) is 6.43 Å². The van der Waals surface area contributed by atoms with Crippen LogP contribution >= 0.6 is 0 Å². The summed E-state index contributed by atoms with van der Waals surface area (Å²) in [6.07, 6.45) is -3.00. The van der Waals surface area contributed by atoms with Gasteiger partial charge in [-0.25, -0.2) is 8.78 Å². The maximum absolute atomic E-state index is 12.8. The lowest BCUT2D eigenvalue weighted by Gasteiger charge is -2.05. The monoisotopic (exact) mass is 202 g/mol. The van der Waals surface area contributed by atoms with Crippen LogP contribution in [-0.2, 0) is 0 Å². The van der Waals surface area contributed by atoms with E-state index in [0.29, 0.717) is 0 Å². The molecule has 0 bridgehead atoms.